The Morgan fingerprint density at radius 2 is 2.19 bits per heavy atom. The lowest BCUT2D eigenvalue weighted by atomic mass is 9.93. The molecular weight excluding hydrogens is 287 g/mol. The number of rotatable bonds is 4. The van der Waals surface area contributed by atoms with Crippen LogP contribution in [0, 0.1) is 5.41 Å². The Morgan fingerprint density at radius 3 is 2.62 bits per heavy atom. The smallest absolute Gasteiger partial charge is 0.133 e. The topological polar surface area (TPSA) is 9.23 Å². The first-order chi connectivity index (χ1) is 7.57. The van der Waals surface area contributed by atoms with Crippen LogP contribution in [-0.2, 0) is 6.42 Å². The zero-order chi connectivity index (χ0) is 11.8. The van der Waals surface area contributed by atoms with Crippen LogP contribution in [0.1, 0.15) is 25.3 Å². The molecule has 0 aromatic heterocycles. The van der Waals surface area contributed by atoms with Crippen LogP contribution in [0.3, 0.4) is 0 Å². The van der Waals surface area contributed by atoms with Crippen molar-refractivity contribution in [2.24, 2.45) is 5.41 Å². The number of methoxy groups -OCH3 is 1. The first kappa shape index (κ1) is 12.3. The van der Waals surface area contributed by atoms with Gasteiger partial charge in [-0.3, -0.25) is 0 Å². The summed E-state index contributed by atoms with van der Waals surface area (Å²) in [6, 6.07) is 6.27. The number of hydrogen-bond donors (Lipinski definition) is 0. The summed E-state index contributed by atoms with van der Waals surface area (Å²) in [4.78, 5) is 0. The first-order valence-electron chi connectivity index (χ1n) is 5.54. The second-order valence-electron chi connectivity index (χ2n) is 4.62. The van der Waals surface area contributed by atoms with Gasteiger partial charge in [-0.15, -0.1) is 11.6 Å². The van der Waals surface area contributed by atoms with Gasteiger partial charge in [0.25, 0.3) is 0 Å². The van der Waals surface area contributed by atoms with Crippen LogP contribution in [0.5, 0.6) is 5.75 Å². The maximum atomic E-state index is 6.24. The maximum Gasteiger partial charge on any atom is 0.133 e. The summed E-state index contributed by atoms with van der Waals surface area (Å²) in [7, 11) is 1.68. The van der Waals surface area contributed by atoms with E-state index >= 15 is 0 Å². The monoisotopic (exact) mass is 302 g/mol. The molecule has 1 aromatic rings. The zero-order valence-electron chi connectivity index (χ0n) is 9.59. The largest absolute Gasteiger partial charge is 0.496 e. The average Bonchev–Trinajstić information content (AvgIpc) is 2.99. The van der Waals surface area contributed by atoms with Crippen LogP contribution < -0.4 is 4.74 Å². The molecule has 0 N–H and O–H groups in total. The standard InChI is InChI=1S/C13H16BrClO/c1-9(15)13(5-6-13)8-10-3-4-12(16-2)11(14)7-10/h3-4,7,9H,5-6,8H2,1-2H3. The van der Waals surface area contributed by atoms with Crippen molar-refractivity contribution < 1.29 is 4.74 Å². The van der Waals surface area contributed by atoms with E-state index in [1.165, 1.54) is 18.4 Å². The third-order valence-corrected chi connectivity index (χ3v) is 4.59. The average molecular weight is 304 g/mol. The molecule has 1 fully saturated rings. The Labute approximate surface area is 110 Å². The van der Waals surface area contributed by atoms with Gasteiger partial charge in [0.05, 0.1) is 11.6 Å². The van der Waals surface area contributed by atoms with E-state index in [2.05, 4.69) is 35.0 Å². The SMILES string of the molecule is COc1ccc(CC2(C(C)Cl)CC2)cc1Br. The molecule has 0 amide bonds. The predicted octanol–water partition coefficient (Wildman–Crippen LogP) is 4.41. The Hall–Kier alpha value is -0.210. The van der Waals surface area contributed by atoms with Gasteiger partial charge < -0.3 is 4.74 Å². The highest BCUT2D eigenvalue weighted by atomic mass is 79.9. The third-order valence-electron chi connectivity index (χ3n) is 3.51. The van der Waals surface area contributed by atoms with Crippen molar-refractivity contribution >= 4 is 27.5 Å². The zero-order valence-corrected chi connectivity index (χ0v) is 11.9. The Morgan fingerprint density at radius 1 is 1.50 bits per heavy atom. The second kappa shape index (κ2) is 4.58. The van der Waals surface area contributed by atoms with Crippen molar-refractivity contribution in [3.8, 4) is 5.75 Å². The molecule has 1 atom stereocenters. The van der Waals surface area contributed by atoms with E-state index < -0.39 is 0 Å². The summed E-state index contributed by atoms with van der Waals surface area (Å²) >= 11 is 9.76. The summed E-state index contributed by atoms with van der Waals surface area (Å²) in [6.07, 6.45) is 3.57. The molecule has 88 valence electrons. The van der Waals surface area contributed by atoms with Crippen LogP contribution in [-0.4, -0.2) is 12.5 Å². The van der Waals surface area contributed by atoms with Gasteiger partial charge in [0, 0.05) is 5.38 Å². The first-order valence-corrected chi connectivity index (χ1v) is 6.77. The highest BCUT2D eigenvalue weighted by molar-refractivity contribution is 9.10. The van der Waals surface area contributed by atoms with Crippen LogP contribution in [0.2, 0.25) is 0 Å². The predicted molar refractivity (Wildman–Crippen MR) is 71.4 cm³/mol. The van der Waals surface area contributed by atoms with Crippen molar-refractivity contribution in [3.63, 3.8) is 0 Å². The second-order valence-corrected chi connectivity index (χ2v) is 6.13. The lowest BCUT2D eigenvalue weighted by Gasteiger charge is -2.18. The van der Waals surface area contributed by atoms with Crippen molar-refractivity contribution in [2.75, 3.05) is 7.11 Å². The van der Waals surface area contributed by atoms with Gasteiger partial charge in [-0.25, -0.2) is 0 Å². The van der Waals surface area contributed by atoms with Gasteiger partial charge in [-0.05, 0) is 65.2 Å². The molecular formula is C13H16BrClO. The molecule has 3 heteroatoms. The van der Waals surface area contributed by atoms with Crippen LogP contribution in [0.25, 0.3) is 0 Å². The van der Waals surface area contributed by atoms with E-state index in [1.54, 1.807) is 7.11 Å². The quantitative estimate of drug-likeness (QED) is 0.749. The molecule has 16 heavy (non-hydrogen) atoms. The van der Waals surface area contributed by atoms with Gasteiger partial charge in [0.1, 0.15) is 5.75 Å². The minimum Gasteiger partial charge on any atom is -0.496 e. The molecule has 0 saturated heterocycles. The Balaban J connectivity index is 2.14. The van der Waals surface area contributed by atoms with Crippen molar-refractivity contribution in [1.29, 1.82) is 0 Å². The number of hydrogen-bond acceptors (Lipinski definition) is 1. The molecule has 1 aromatic carbocycles. The molecule has 1 aliphatic carbocycles. The van der Waals surface area contributed by atoms with E-state index in [9.17, 15) is 0 Å². The fraction of sp³-hybridized carbons (Fsp3) is 0.538. The normalized spacial score (nSPS) is 19.2. The van der Waals surface area contributed by atoms with Gasteiger partial charge in [0.15, 0.2) is 0 Å². The molecule has 2 rings (SSSR count). The molecule has 1 nitrogen and oxygen atoms in total. The van der Waals surface area contributed by atoms with E-state index in [4.69, 9.17) is 16.3 Å². The fourth-order valence-corrected chi connectivity index (χ4v) is 2.99. The van der Waals surface area contributed by atoms with Crippen LogP contribution in [0.4, 0.5) is 0 Å². The summed E-state index contributed by atoms with van der Waals surface area (Å²) in [5, 5.41) is 0.258. The van der Waals surface area contributed by atoms with E-state index in [-0.39, 0.29) is 5.38 Å². The van der Waals surface area contributed by atoms with Crippen molar-refractivity contribution in [3.05, 3.63) is 28.2 Å². The maximum absolute atomic E-state index is 6.24. The number of halogens is 2. The highest BCUT2D eigenvalue weighted by Crippen LogP contribution is 2.53. The van der Waals surface area contributed by atoms with E-state index in [0.717, 1.165) is 16.6 Å². The molecule has 0 aliphatic heterocycles. The Bertz CT molecular complexity index is 386. The van der Waals surface area contributed by atoms with Gasteiger partial charge >= 0.3 is 0 Å². The summed E-state index contributed by atoms with van der Waals surface area (Å²) in [6.45, 7) is 2.10. The number of benzene rings is 1. The molecule has 0 radical (unpaired) electrons. The highest BCUT2D eigenvalue weighted by Gasteiger charge is 2.46. The minimum atomic E-state index is 0.258. The molecule has 1 saturated carbocycles. The summed E-state index contributed by atoms with van der Waals surface area (Å²) < 4.78 is 6.24. The molecule has 0 bridgehead atoms. The number of alkyl halides is 1. The summed E-state index contributed by atoms with van der Waals surface area (Å²) in [5.41, 5.74) is 1.67. The minimum absolute atomic E-state index is 0.258. The van der Waals surface area contributed by atoms with Gasteiger partial charge in [0.2, 0.25) is 0 Å². The third kappa shape index (κ3) is 2.38. The van der Waals surface area contributed by atoms with E-state index in [0.29, 0.717) is 5.41 Å². The lowest BCUT2D eigenvalue weighted by Crippen LogP contribution is -2.15. The number of ether oxygens (including phenoxy) is 1. The molecule has 0 spiro atoms. The summed E-state index contributed by atoms with van der Waals surface area (Å²) in [5.74, 6) is 0.882. The lowest BCUT2D eigenvalue weighted by molar-refractivity contribution is 0.411. The fourth-order valence-electron chi connectivity index (χ4n) is 2.10. The van der Waals surface area contributed by atoms with Crippen molar-refractivity contribution in [1.82, 2.24) is 0 Å². The van der Waals surface area contributed by atoms with Gasteiger partial charge in [-0.2, -0.15) is 0 Å². The van der Waals surface area contributed by atoms with Crippen LogP contribution in [0.15, 0.2) is 22.7 Å². The Kier molecular flexibility index (Phi) is 3.50. The molecule has 0 heterocycles. The molecule has 1 aliphatic rings. The van der Waals surface area contributed by atoms with E-state index in [1.807, 2.05) is 6.07 Å². The molecule has 1 unspecified atom stereocenters. The van der Waals surface area contributed by atoms with Crippen molar-refractivity contribution in [2.45, 2.75) is 31.6 Å². The van der Waals surface area contributed by atoms with Crippen LogP contribution >= 0.6 is 27.5 Å². The van der Waals surface area contributed by atoms with Gasteiger partial charge in [-0.1, -0.05) is 6.07 Å².